The van der Waals surface area contributed by atoms with Gasteiger partial charge in [-0.25, -0.2) is 0 Å². The predicted octanol–water partition coefficient (Wildman–Crippen LogP) is 1.49. The molecule has 0 bridgehead atoms. The number of amides is 3. The Labute approximate surface area is 108 Å². The number of hydrogen-bond donors (Lipinski definition) is 1. The molecule has 0 aromatic heterocycles. The lowest BCUT2D eigenvalue weighted by molar-refractivity contribution is -0.122. The predicted molar refractivity (Wildman–Crippen MR) is 68.3 cm³/mol. The maximum Gasteiger partial charge on any atom is 0.280 e. The normalized spacial score (nSPS) is 13.8. The van der Waals surface area contributed by atoms with Crippen LogP contribution in [0.2, 0.25) is 0 Å². The molecule has 0 spiro atoms. The van der Waals surface area contributed by atoms with Crippen LogP contribution in [0.4, 0.5) is 0 Å². The lowest BCUT2D eigenvalue weighted by atomic mass is 9.95. The molecule has 3 amide bonds. The topological polar surface area (TPSA) is 66.5 Å². The summed E-state index contributed by atoms with van der Waals surface area (Å²) in [4.78, 5) is 35.6. The van der Waals surface area contributed by atoms with Gasteiger partial charge in [0.2, 0.25) is 5.91 Å². The van der Waals surface area contributed by atoms with Crippen molar-refractivity contribution in [3.8, 4) is 0 Å². The highest BCUT2D eigenvalue weighted by Crippen LogP contribution is 2.28. The van der Waals surface area contributed by atoms with Crippen molar-refractivity contribution in [3.63, 3.8) is 0 Å². The van der Waals surface area contributed by atoms with Crippen LogP contribution in [-0.2, 0) is 4.79 Å². The second kappa shape index (κ2) is 3.91. The Morgan fingerprint density at radius 3 is 2.00 bits per heavy atom. The average molecular weight is 254 g/mol. The molecule has 1 aliphatic rings. The van der Waals surface area contributed by atoms with Crippen molar-refractivity contribution in [2.75, 3.05) is 0 Å². The quantitative estimate of drug-likeness (QED) is 0.784. The SMILES string of the molecule is CC(=O)NN1C(=O)c2cccc3cccc(c23)C1=O. The van der Waals surface area contributed by atoms with Crippen molar-refractivity contribution in [2.24, 2.45) is 0 Å². The molecule has 0 saturated carbocycles. The van der Waals surface area contributed by atoms with Crippen molar-refractivity contribution in [1.29, 1.82) is 0 Å². The number of carbonyl (C=O) groups excluding carboxylic acids is 3. The van der Waals surface area contributed by atoms with Gasteiger partial charge in [-0.2, -0.15) is 5.01 Å². The minimum atomic E-state index is -0.510. The molecule has 1 aliphatic heterocycles. The number of nitrogens with zero attached hydrogens (tertiary/aromatic N) is 1. The number of rotatable bonds is 1. The zero-order valence-electron chi connectivity index (χ0n) is 10.1. The molecule has 5 nitrogen and oxygen atoms in total. The highest BCUT2D eigenvalue weighted by molar-refractivity contribution is 6.25. The lowest BCUT2D eigenvalue weighted by Gasteiger charge is -2.26. The van der Waals surface area contributed by atoms with Crippen molar-refractivity contribution in [1.82, 2.24) is 10.4 Å². The Bertz CT molecular complexity index is 686. The summed E-state index contributed by atoms with van der Waals surface area (Å²) in [6.45, 7) is 1.25. The van der Waals surface area contributed by atoms with Crippen LogP contribution in [0.3, 0.4) is 0 Å². The van der Waals surface area contributed by atoms with Crippen LogP contribution in [0.25, 0.3) is 10.8 Å². The van der Waals surface area contributed by atoms with Gasteiger partial charge in [0.1, 0.15) is 0 Å². The number of nitrogens with one attached hydrogen (secondary N) is 1. The summed E-state index contributed by atoms with van der Waals surface area (Å²) in [6.07, 6.45) is 0. The van der Waals surface area contributed by atoms with Gasteiger partial charge in [0.05, 0.1) is 11.1 Å². The molecule has 2 aromatic rings. The molecule has 3 rings (SSSR count). The zero-order valence-corrected chi connectivity index (χ0v) is 10.1. The van der Waals surface area contributed by atoms with E-state index in [0.29, 0.717) is 16.5 Å². The first-order valence-corrected chi connectivity index (χ1v) is 5.77. The number of hydrazine groups is 1. The van der Waals surface area contributed by atoms with Gasteiger partial charge in [0.15, 0.2) is 0 Å². The van der Waals surface area contributed by atoms with Crippen molar-refractivity contribution < 1.29 is 14.4 Å². The Morgan fingerprint density at radius 1 is 1.00 bits per heavy atom. The van der Waals surface area contributed by atoms with Crippen LogP contribution >= 0.6 is 0 Å². The minimum absolute atomic E-state index is 0.418. The molecule has 5 heteroatoms. The first-order valence-electron chi connectivity index (χ1n) is 5.77. The molecule has 0 atom stereocenters. The van der Waals surface area contributed by atoms with E-state index in [-0.39, 0.29) is 0 Å². The molecular formula is C14H10N2O3. The van der Waals surface area contributed by atoms with E-state index in [1.54, 1.807) is 24.3 Å². The van der Waals surface area contributed by atoms with E-state index in [9.17, 15) is 14.4 Å². The van der Waals surface area contributed by atoms with E-state index >= 15 is 0 Å². The molecule has 1 heterocycles. The van der Waals surface area contributed by atoms with E-state index in [2.05, 4.69) is 5.43 Å². The van der Waals surface area contributed by atoms with Gasteiger partial charge in [-0.05, 0) is 17.5 Å². The first-order chi connectivity index (χ1) is 9.09. The fourth-order valence-corrected chi connectivity index (χ4v) is 2.29. The second-order valence-electron chi connectivity index (χ2n) is 4.32. The summed E-state index contributed by atoms with van der Waals surface area (Å²) in [5.41, 5.74) is 3.10. The van der Waals surface area contributed by atoms with Crippen molar-refractivity contribution >= 4 is 28.5 Å². The van der Waals surface area contributed by atoms with Crippen LogP contribution in [0.15, 0.2) is 36.4 Å². The molecule has 0 aliphatic carbocycles. The molecule has 2 aromatic carbocycles. The molecule has 0 saturated heterocycles. The fourth-order valence-electron chi connectivity index (χ4n) is 2.29. The van der Waals surface area contributed by atoms with Gasteiger partial charge >= 0.3 is 0 Å². The molecule has 0 unspecified atom stereocenters. The molecule has 0 fully saturated rings. The smallest absolute Gasteiger partial charge is 0.274 e. The molecule has 94 valence electrons. The number of hydrogen-bond acceptors (Lipinski definition) is 3. The standard InChI is InChI=1S/C14H10N2O3/c1-8(17)15-16-13(18)10-6-2-4-9-5-3-7-11(12(9)10)14(16)19/h2-7H,1H3,(H,15,17). The highest BCUT2D eigenvalue weighted by Gasteiger charge is 2.33. The van der Waals surface area contributed by atoms with Crippen LogP contribution in [-0.4, -0.2) is 22.7 Å². The van der Waals surface area contributed by atoms with E-state index < -0.39 is 17.7 Å². The molecular weight excluding hydrogens is 244 g/mol. The van der Waals surface area contributed by atoms with Gasteiger partial charge in [-0.3, -0.25) is 19.8 Å². The summed E-state index contributed by atoms with van der Waals surface area (Å²) in [5, 5.41) is 2.24. The summed E-state index contributed by atoms with van der Waals surface area (Å²) in [7, 11) is 0. The molecule has 0 radical (unpaired) electrons. The van der Waals surface area contributed by atoms with Crippen LogP contribution in [0.5, 0.6) is 0 Å². The average Bonchev–Trinajstić information content (AvgIpc) is 2.40. The first kappa shape index (κ1) is 11.4. The zero-order chi connectivity index (χ0) is 13.6. The minimum Gasteiger partial charge on any atom is -0.274 e. The summed E-state index contributed by atoms with van der Waals surface area (Å²) in [6, 6.07) is 10.5. The van der Waals surface area contributed by atoms with Crippen molar-refractivity contribution in [3.05, 3.63) is 47.5 Å². The number of carbonyl (C=O) groups is 3. The van der Waals surface area contributed by atoms with E-state index in [0.717, 1.165) is 10.4 Å². The highest BCUT2D eigenvalue weighted by atomic mass is 16.2. The Kier molecular flexibility index (Phi) is 2.35. The summed E-state index contributed by atoms with van der Waals surface area (Å²) >= 11 is 0. The number of benzene rings is 2. The Morgan fingerprint density at radius 2 is 1.53 bits per heavy atom. The van der Waals surface area contributed by atoms with E-state index in [4.69, 9.17) is 0 Å². The maximum atomic E-state index is 12.2. The third kappa shape index (κ3) is 1.59. The van der Waals surface area contributed by atoms with Gasteiger partial charge in [-0.15, -0.1) is 0 Å². The van der Waals surface area contributed by atoms with Crippen LogP contribution in [0, 0.1) is 0 Å². The van der Waals surface area contributed by atoms with Gasteiger partial charge in [0.25, 0.3) is 11.8 Å². The van der Waals surface area contributed by atoms with Gasteiger partial charge in [-0.1, -0.05) is 24.3 Å². The third-order valence-electron chi connectivity index (χ3n) is 3.04. The largest absolute Gasteiger partial charge is 0.280 e. The summed E-state index contributed by atoms with van der Waals surface area (Å²) < 4.78 is 0. The van der Waals surface area contributed by atoms with E-state index in [1.807, 2.05) is 12.1 Å². The summed E-state index contributed by atoms with van der Waals surface area (Å²) in [5.74, 6) is -1.48. The molecule has 19 heavy (non-hydrogen) atoms. The Balaban J connectivity index is 2.28. The fraction of sp³-hybridized carbons (Fsp3) is 0.0714. The molecule has 1 N–H and O–H groups in total. The van der Waals surface area contributed by atoms with E-state index in [1.165, 1.54) is 6.92 Å². The monoisotopic (exact) mass is 254 g/mol. The maximum absolute atomic E-state index is 12.2. The van der Waals surface area contributed by atoms with Gasteiger partial charge < -0.3 is 0 Å². The second-order valence-corrected chi connectivity index (χ2v) is 4.32. The van der Waals surface area contributed by atoms with Crippen LogP contribution in [0.1, 0.15) is 27.6 Å². The number of imide groups is 1. The lowest BCUT2D eigenvalue weighted by Crippen LogP contribution is -2.51. The van der Waals surface area contributed by atoms with Crippen molar-refractivity contribution in [2.45, 2.75) is 6.92 Å². The van der Waals surface area contributed by atoms with Gasteiger partial charge in [0, 0.05) is 12.3 Å². The Hall–Kier alpha value is -2.69. The third-order valence-corrected chi connectivity index (χ3v) is 3.04. The van der Waals surface area contributed by atoms with Crippen LogP contribution < -0.4 is 5.43 Å².